The van der Waals surface area contributed by atoms with E-state index in [-0.39, 0.29) is 17.4 Å². The summed E-state index contributed by atoms with van der Waals surface area (Å²) in [4.78, 5) is 15.2. The lowest BCUT2D eigenvalue weighted by Crippen LogP contribution is -2.22. The molecule has 8 heteroatoms. The van der Waals surface area contributed by atoms with Crippen molar-refractivity contribution in [2.75, 3.05) is 19.0 Å². The third kappa shape index (κ3) is 3.29. The molecule has 20 heavy (non-hydrogen) atoms. The van der Waals surface area contributed by atoms with E-state index < -0.39 is 16.0 Å². The van der Waals surface area contributed by atoms with Gasteiger partial charge < -0.3 is 4.74 Å². The summed E-state index contributed by atoms with van der Waals surface area (Å²) in [7, 11) is -3.50. The van der Waals surface area contributed by atoms with Gasteiger partial charge in [0.25, 0.3) is 10.0 Å². The first-order chi connectivity index (χ1) is 9.54. The highest BCUT2D eigenvalue weighted by atomic mass is 35.5. The number of rotatable bonds is 5. The number of fused-ring (bicyclic) bond motifs is 1. The Morgan fingerprint density at radius 1 is 1.35 bits per heavy atom. The third-order valence-electron chi connectivity index (χ3n) is 2.61. The number of halogens is 1. The van der Waals surface area contributed by atoms with Gasteiger partial charge in [0, 0.05) is 18.5 Å². The highest BCUT2D eigenvalue weighted by Crippen LogP contribution is 2.21. The molecule has 0 saturated heterocycles. The van der Waals surface area contributed by atoms with Gasteiger partial charge >= 0.3 is 5.97 Å². The normalized spacial score (nSPS) is 17.6. The summed E-state index contributed by atoms with van der Waals surface area (Å²) in [5.41, 5.74) is 0.560. The summed E-state index contributed by atoms with van der Waals surface area (Å²) in [6.45, 7) is 0.554. The first kappa shape index (κ1) is 14.8. The number of ether oxygens (including phenoxy) is 1. The molecule has 0 spiro atoms. The van der Waals surface area contributed by atoms with Gasteiger partial charge in [-0.15, -0.1) is 11.6 Å². The molecular weight excluding hydrogens is 304 g/mol. The number of esters is 1. The molecule has 0 unspecified atom stereocenters. The summed E-state index contributed by atoms with van der Waals surface area (Å²) >= 11 is 5.28. The Morgan fingerprint density at radius 3 is 2.85 bits per heavy atom. The number of hydrogen-bond acceptors (Lipinski definition) is 5. The third-order valence-corrected chi connectivity index (χ3v) is 4.22. The maximum Gasteiger partial charge on any atom is 0.320 e. The molecule has 0 fully saturated rings. The monoisotopic (exact) mass is 316 g/mol. The number of nitrogens with one attached hydrogen (secondary N) is 1. The zero-order valence-corrected chi connectivity index (χ0v) is 12.1. The predicted octanol–water partition coefficient (Wildman–Crippen LogP) is 0.897. The summed E-state index contributed by atoms with van der Waals surface area (Å²) in [5.74, 6) is -0.336. The minimum absolute atomic E-state index is 0.179. The number of amidine groups is 1. The number of carbonyl (C=O) groups excluding carboxylic acids is 1. The molecular formula is C12H13ClN2O4S. The van der Waals surface area contributed by atoms with E-state index in [1.54, 1.807) is 18.2 Å². The van der Waals surface area contributed by atoms with Crippen LogP contribution in [0.2, 0.25) is 0 Å². The largest absolute Gasteiger partial charge is 0.465 e. The SMILES string of the molecule is O=C(CCl)OCCCN=C1NS(=O)(=O)c2ccccc21. The van der Waals surface area contributed by atoms with Gasteiger partial charge in [-0.3, -0.25) is 14.5 Å². The van der Waals surface area contributed by atoms with Crippen LogP contribution in [-0.2, 0) is 19.6 Å². The van der Waals surface area contributed by atoms with Crippen molar-refractivity contribution in [1.82, 2.24) is 4.72 Å². The summed E-state index contributed by atoms with van der Waals surface area (Å²) in [5, 5.41) is 0. The zero-order valence-electron chi connectivity index (χ0n) is 10.5. The second-order valence-corrected chi connectivity index (χ2v) is 5.96. The van der Waals surface area contributed by atoms with Crippen LogP contribution in [0, 0.1) is 0 Å². The fourth-order valence-electron chi connectivity index (χ4n) is 1.73. The second kappa shape index (κ2) is 6.23. The number of hydrogen-bond donors (Lipinski definition) is 1. The predicted molar refractivity (Wildman–Crippen MR) is 74.5 cm³/mol. The number of benzene rings is 1. The molecule has 0 radical (unpaired) electrons. The Balaban J connectivity index is 1.98. The van der Waals surface area contributed by atoms with Crippen molar-refractivity contribution in [3.63, 3.8) is 0 Å². The second-order valence-electron chi connectivity index (χ2n) is 4.04. The van der Waals surface area contributed by atoms with Crippen LogP contribution in [0.25, 0.3) is 0 Å². The van der Waals surface area contributed by atoms with Crippen molar-refractivity contribution in [1.29, 1.82) is 0 Å². The molecule has 0 aliphatic carbocycles. The summed E-state index contributed by atoms with van der Waals surface area (Å²) in [6, 6.07) is 6.63. The zero-order chi connectivity index (χ0) is 14.6. The fraction of sp³-hybridized carbons (Fsp3) is 0.333. The molecule has 0 saturated carbocycles. The molecule has 1 heterocycles. The van der Waals surface area contributed by atoms with Gasteiger partial charge in [-0.25, -0.2) is 8.42 Å². The first-order valence-electron chi connectivity index (χ1n) is 5.93. The van der Waals surface area contributed by atoms with Crippen molar-refractivity contribution >= 4 is 33.4 Å². The van der Waals surface area contributed by atoms with Gasteiger partial charge in [-0.2, -0.15) is 0 Å². The molecule has 6 nitrogen and oxygen atoms in total. The van der Waals surface area contributed by atoms with Crippen LogP contribution in [0.1, 0.15) is 12.0 Å². The van der Waals surface area contributed by atoms with Crippen LogP contribution in [0.3, 0.4) is 0 Å². The topological polar surface area (TPSA) is 84.8 Å². The van der Waals surface area contributed by atoms with Crippen LogP contribution in [0.15, 0.2) is 34.2 Å². The minimum Gasteiger partial charge on any atom is -0.465 e. The number of sulfonamides is 1. The molecule has 1 aromatic carbocycles. The lowest BCUT2D eigenvalue weighted by atomic mass is 10.2. The molecule has 1 aromatic rings. The molecule has 1 aliphatic rings. The molecule has 2 rings (SSSR count). The average molecular weight is 317 g/mol. The smallest absolute Gasteiger partial charge is 0.320 e. The average Bonchev–Trinajstić information content (AvgIpc) is 2.70. The maximum atomic E-state index is 11.8. The molecule has 0 amide bonds. The molecule has 1 N–H and O–H groups in total. The van der Waals surface area contributed by atoms with Crippen LogP contribution in [0.4, 0.5) is 0 Å². The van der Waals surface area contributed by atoms with Crippen molar-refractivity contribution in [2.45, 2.75) is 11.3 Å². The highest BCUT2D eigenvalue weighted by molar-refractivity contribution is 7.90. The number of carbonyl (C=O) groups is 1. The van der Waals surface area contributed by atoms with Gasteiger partial charge in [-0.05, 0) is 12.1 Å². The lowest BCUT2D eigenvalue weighted by Gasteiger charge is -2.01. The molecule has 0 bridgehead atoms. The van der Waals surface area contributed by atoms with Crippen LogP contribution in [-0.4, -0.2) is 39.3 Å². The van der Waals surface area contributed by atoms with Crippen molar-refractivity contribution in [3.05, 3.63) is 29.8 Å². The van der Waals surface area contributed by atoms with E-state index in [0.29, 0.717) is 24.4 Å². The number of nitrogens with zero attached hydrogens (tertiary/aromatic N) is 1. The van der Waals surface area contributed by atoms with E-state index in [1.165, 1.54) is 6.07 Å². The van der Waals surface area contributed by atoms with Gasteiger partial charge in [-0.1, -0.05) is 12.1 Å². The molecule has 0 aromatic heterocycles. The van der Waals surface area contributed by atoms with Gasteiger partial charge in [0.15, 0.2) is 0 Å². The van der Waals surface area contributed by atoms with Crippen LogP contribution < -0.4 is 4.72 Å². The molecule has 1 aliphatic heterocycles. The van der Waals surface area contributed by atoms with Crippen LogP contribution in [0.5, 0.6) is 0 Å². The van der Waals surface area contributed by atoms with E-state index >= 15 is 0 Å². The summed E-state index contributed by atoms with van der Waals surface area (Å²) in [6.07, 6.45) is 0.496. The van der Waals surface area contributed by atoms with E-state index in [4.69, 9.17) is 16.3 Å². The number of alkyl halides is 1. The van der Waals surface area contributed by atoms with Crippen molar-refractivity contribution in [3.8, 4) is 0 Å². The Hall–Kier alpha value is -1.60. The van der Waals surface area contributed by atoms with Crippen LogP contribution >= 0.6 is 11.6 Å². The number of aliphatic imine (C=N–C) groups is 1. The molecule has 108 valence electrons. The van der Waals surface area contributed by atoms with Gasteiger partial charge in [0.2, 0.25) is 0 Å². The van der Waals surface area contributed by atoms with Gasteiger partial charge in [0.1, 0.15) is 11.7 Å². The fourth-order valence-corrected chi connectivity index (χ4v) is 3.06. The van der Waals surface area contributed by atoms with Crippen molar-refractivity contribution < 1.29 is 17.9 Å². The van der Waals surface area contributed by atoms with E-state index in [9.17, 15) is 13.2 Å². The lowest BCUT2D eigenvalue weighted by molar-refractivity contribution is -0.140. The van der Waals surface area contributed by atoms with E-state index in [2.05, 4.69) is 9.71 Å². The minimum atomic E-state index is -3.50. The highest BCUT2D eigenvalue weighted by Gasteiger charge is 2.29. The molecule has 0 atom stereocenters. The van der Waals surface area contributed by atoms with Crippen molar-refractivity contribution in [2.24, 2.45) is 4.99 Å². The quantitative estimate of drug-likeness (QED) is 0.497. The summed E-state index contributed by atoms with van der Waals surface area (Å²) < 4.78 is 30.8. The Morgan fingerprint density at radius 2 is 2.10 bits per heavy atom. The Bertz CT molecular complexity index is 643. The first-order valence-corrected chi connectivity index (χ1v) is 7.94. The standard InChI is InChI=1S/C12H13ClN2O4S/c13-8-11(16)19-7-3-6-14-12-9-4-1-2-5-10(9)20(17,18)15-12/h1-2,4-5H,3,6-8H2,(H,14,15). The maximum absolute atomic E-state index is 11.8. The Labute approximate surface area is 121 Å². The van der Waals surface area contributed by atoms with E-state index in [1.807, 2.05) is 0 Å². The van der Waals surface area contributed by atoms with Gasteiger partial charge in [0.05, 0.1) is 11.5 Å². The van der Waals surface area contributed by atoms with E-state index in [0.717, 1.165) is 0 Å². The Kier molecular flexibility index (Phi) is 4.61.